The van der Waals surface area contributed by atoms with Crippen LogP contribution in [0.5, 0.6) is 17.4 Å². The third kappa shape index (κ3) is 6.59. The first-order valence-electron chi connectivity index (χ1n) is 11.0. The number of rotatable bonds is 8. The van der Waals surface area contributed by atoms with Crippen LogP contribution in [-0.2, 0) is 6.54 Å². The van der Waals surface area contributed by atoms with Crippen molar-refractivity contribution in [2.75, 3.05) is 26.7 Å². The lowest BCUT2D eigenvalue weighted by Gasteiger charge is -2.22. The van der Waals surface area contributed by atoms with Gasteiger partial charge in [-0.1, -0.05) is 6.92 Å². The maximum absolute atomic E-state index is 5.90. The molecule has 1 saturated heterocycles. The Labute approximate surface area is 185 Å². The van der Waals surface area contributed by atoms with Crippen molar-refractivity contribution < 1.29 is 9.47 Å². The molecule has 7 nitrogen and oxygen atoms in total. The van der Waals surface area contributed by atoms with Gasteiger partial charge >= 0.3 is 0 Å². The third-order valence-electron chi connectivity index (χ3n) is 5.53. The van der Waals surface area contributed by atoms with Gasteiger partial charge in [0.1, 0.15) is 11.5 Å². The Kier molecular flexibility index (Phi) is 8.12. The number of hydrogen-bond acceptors (Lipinski definition) is 5. The second-order valence-corrected chi connectivity index (χ2v) is 8.21. The van der Waals surface area contributed by atoms with E-state index in [9.17, 15) is 0 Å². The van der Waals surface area contributed by atoms with Crippen molar-refractivity contribution in [1.82, 2.24) is 20.5 Å². The molecule has 1 aliphatic heterocycles. The minimum atomic E-state index is 0.393. The molecule has 0 radical (unpaired) electrons. The molecule has 0 saturated carbocycles. The van der Waals surface area contributed by atoms with Gasteiger partial charge in [0, 0.05) is 51.0 Å². The first kappa shape index (κ1) is 22.9. The second kappa shape index (κ2) is 11.0. The topological polar surface area (TPSA) is 71.0 Å². The van der Waals surface area contributed by atoms with Gasteiger partial charge in [0.15, 0.2) is 5.96 Å². The molecule has 2 unspecified atom stereocenters. The van der Waals surface area contributed by atoms with Gasteiger partial charge in [-0.25, -0.2) is 4.98 Å². The minimum absolute atomic E-state index is 0.393. The Balaban J connectivity index is 1.54. The summed E-state index contributed by atoms with van der Waals surface area (Å²) in [5.41, 5.74) is 1.07. The summed E-state index contributed by atoms with van der Waals surface area (Å²) >= 11 is 0. The third-order valence-corrected chi connectivity index (χ3v) is 5.53. The fraction of sp³-hybridized carbons (Fsp3) is 0.500. The summed E-state index contributed by atoms with van der Waals surface area (Å²) in [4.78, 5) is 11.2. The second-order valence-electron chi connectivity index (χ2n) is 8.21. The lowest BCUT2D eigenvalue weighted by molar-refractivity contribution is 0.265. The van der Waals surface area contributed by atoms with Crippen LogP contribution in [-0.4, -0.2) is 54.7 Å². The summed E-state index contributed by atoms with van der Waals surface area (Å²) in [6.07, 6.45) is 1.76. The predicted octanol–water partition coefficient (Wildman–Crippen LogP) is 3.67. The first-order valence-corrected chi connectivity index (χ1v) is 11.0. The maximum atomic E-state index is 5.90. The number of ether oxygens (including phenoxy) is 2. The van der Waals surface area contributed by atoms with Crippen LogP contribution in [0.25, 0.3) is 0 Å². The van der Waals surface area contributed by atoms with E-state index < -0.39 is 0 Å². The molecule has 0 bridgehead atoms. The molecule has 2 aromatic rings. The molecule has 168 valence electrons. The number of hydrogen-bond donors (Lipinski definition) is 2. The van der Waals surface area contributed by atoms with Crippen molar-refractivity contribution in [2.24, 2.45) is 10.9 Å². The molecule has 7 heteroatoms. The molecule has 3 rings (SSSR count). The normalized spacial score (nSPS) is 19.5. The van der Waals surface area contributed by atoms with Crippen LogP contribution in [0.1, 0.15) is 33.3 Å². The molecular weight excluding hydrogens is 390 g/mol. The Morgan fingerprint density at radius 1 is 1.19 bits per heavy atom. The zero-order valence-corrected chi connectivity index (χ0v) is 19.3. The van der Waals surface area contributed by atoms with E-state index in [0.717, 1.165) is 36.1 Å². The predicted molar refractivity (Wildman–Crippen MR) is 125 cm³/mol. The van der Waals surface area contributed by atoms with Gasteiger partial charge in [-0.05, 0) is 62.6 Å². The summed E-state index contributed by atoms with van der Waals surface area (Å²) in [7, 11) is 1.81. The van der Waals surface area contributed by atoms with Crippen LogP contribution in [0.4, 0.5) is 0 Å². The van der Waals surface area contributed by atoms with E-state index >= 15 is 0 Å². The lowest BCUT2D eigenvalue weighted by atomic mass is 10.1. The van der Waals surface area contributed by atoms with E-state index in [-0.39, 0.29) is 0 Å². The van der Waals surface area contributed by atoms with Gasteiger partial charge in [-0.3, -0.25) is 9.89 Å². The van der Waals surface area contributed by atoms with Crippen molar-refractivity contribution in [3.8, 4) is 17.4 Å². The Morgan fingerprint density at radius 2 is 1.94 bits per heavy atom. The average Bonchev–Trinajstić information content (AvgIpc) is 3.13. The maximum Gasteiger partial charge on any atom is 0.219 e. The summed E-state index contributed by atoms with van der Waals surface area (Å²) in [5.74, 6) is 3.50. The van der Waals surface area contributed by atoms with Gasteiger partial charge in [-0.2, -0.15) is 0 Å². The Hall–Kier alpha value is -2.80. The number of benzene rings is 1. The minimum Gasteiger partial charge on any atom is -0.494 e. The highest BCUT2D eigenvalue weighted by Crippen LogP contribution is 2.23. The molecule has 2 N–H and O–H groups in total. The molecule has 1 aliphatic rings. The van der Waals surface area contributed by atoms with Gasteiger partial charge in [0.25, 0.3) is 0 Å². The number of likely N-dealkylation sites (tertiary alicyclic amines) is 1. The fourth-order valence-corrected chi connectivity index (χ4v) is 3.68. The van der Waals surface area contributed by atoms with Crippen molar-refractivity contribution >= 4 is 5.96 Å². The van der Waals surface area contributed by atoms with Crippen LogP contribution >= 0.6 is 0 Å². The lowest BCUT2D eigenvalue weighted by Crippen LogP contribution is -2.46. The van der Waals surface area contributed by atoms with Gasteiger partial charge in [0.2, 0.25) is 5.88 Å². The zero-order chi connectivity index (χ0) is 22.2. The largest absolute Gasteiger partial charge is 0.494 e. The highest BCUT2D eigenvalue weighted by Gasteiger charge is 2.31. The molecule has 1 fully saturated rings. The first-order chi connectivity index (χ1) is 15.0. The number of nitrogens with one attached hydrogen (secondary N) is 2. The van der Waals surface area contributed by atoms with E-state index in [1.807, 2.05) is 50.4 Å². The SMILES string of the molecule is CCOc1ccc(Oc2cc(CNC(=NC)NC3CN(C(C)C)CC3C)ccn2)cc1. The molecule has 0 aliphatic carbocycles. The smallest absolute Gasteiger partial charge is 0.219 e. The summed E-state index contributed by atoms with van der Waals surface area (Å²) in [5, 5.41) is 6.99. The summed E-state index contributed by atoms with van der Waals surface area (Å²) in [6.45, 7) is 12.2. The summed E-state index contributed by atoms with van der Waals surface area (Å²) in [6, 6.07) is 12.4. The molecule has 0 amide bonds. The van der Waals surface area contributed by atoms with Gasteiger partial charge < -0.3 is 20.1 Å². The van der Waals surface area contributed by atoms with Crippen LogP contribution in [0, 0.1) is 5.92 Å². The van der Waals surface area contributed by atoms with E-state index in [0.29, 0.717) is 37.0 Å². The Morgan fingerprint density at radius 3 is 2.58 bits per heavy atom. The molecule has 31 heavy (non-hydrogen) atoms. The number of pyridine rings is 1. The van der Waals surface area contributed by atoms with E-state index in [1.54, 1.807) is 6.20 Å². The van der Waals surface area contributed by atoms with Crippen LogP contribution in [0.15, 0.2) is 47.6 Å². The van der Waals surface area contributed by atoms with Crippen molar-refractivity contribution in [3.63, 3.8) is 0 Å². The van der Waals surface area contributed by atoms with Crippen molar-refractivity contribution in [2.45, 2.75) is 46.3 Å². The van der Waals surface area contributed by atoms with Crippen LogP contribution < -0.4 is 20.1 Å². The zero-order valence-electron chi connectivity index (χ0n) is 19.3. The number of aromatic nitrogens is 1. The van der Waals surface area contributed by atoms with Crippen molar-refractivity contribution in [3.05, 3.63) is 48.2 Å². The van der Waals surface area contributed by atoms with Crippen molar-refractivity contribution in [1.29, 1.82) is 0 Å². The molecule has 2 heterocycles. The number of aliphatic imine (C=N–C) groups is 1. The quantitative estimate of drug-likeness (QED) is 0.497. The van der Waals surface area contributed by atoms with Gasteiger partial charge in [0.05, 0.1) is 6.61 Å². The van der Waals surface area contributed by atoms with Crippen LogP contribution in [0.2, 0.25) is 0 Å². The molecule has 2 atom stereocenters. The van der Waals surface area contributed by atoms with E-state index in [1.165, 1.54) is 0 Å². The fourth-order valence-electron chi connectivity index (χ4n) is 3.68. The van der Waals surface area contributed by atoms with E-state index in [2.05, 4.69) is 46.3 Å². The Bertz CT molecular complexity index is 853. The van der Waals surface area contributed by atoms with E-state index in [4.69, 9.17) is 9.47 Å². The summed E-state index contributed by atoms with van der Waals surface area (Å²) < 4.78 is 11.4. The molecule has 1 aromatic carbocycles. The standard InChI is InChI=1S/C24H35N5O2/c1-6-30-20-7-9-21(10-8-20)31-23-13-19(11-12-26-23)14-27-24(25-5)28-22-16-29(17(2)3)15-18(22)4/h7-13,17-18,22H,6,14-16H2,1-5H3,(H2,25,27,28). The number of nitrogens with zero attached hydrogens (tertiary/aromatic N) is 3. The number of guanidine groups is 1. The van der Waals surface area contributed by atoms with Gasteiger partial charge in [-0.15, -0.1) is 0 Å². The van der Waals surface area contributed by atoms with Crippen LogP contribution in [0.3, 0.4) is 0 Å². The molecular formula is C24H35N5O2. The molecule has 1 aromatic heterocycles. The average molecular weight is 426 g/mol. The highest BCUT2D eigenvalue weighted by atomic mass is 16.5. The molecule has 0 spiro atoms. The monoisotopic (exact) mass is 425 g/mol. The highest BCUT2D eigenvalue weighted by molar-refractivity contribution is 5.80.